The smallest absolute Gasteiger partial charge is 0.363 e. The Labute approximate surface area is 273 Å². The lowest BCUT2D eigenvalue weighted by molar-refractivity contribution is -0.146. The Balaban J connectivity index is 2.36. The van der Waals surface area contributed by atoms with E-state index < -0.39 is 78.1 Å². The molecule has 11 nitrogen and oxygen atoms in total. The summed E-state index contributed by atoms with van der Waals surface area (Å²) in [6.07, 6.45) is -6.24. The maximum atomic E-state index is 14.2. The highest BCUT2D eigenvalue weighted by Gasteiger charge is 2.46. The number of hydrogen-bond donors (Lipinski definition) is 4. The summed E-state index contributed by atoms with van der Waals surface area (Å²) < 4.78 is 38.9. The largest absolute Gasteiger partial charge is 0.389 e. The molecule has 1 saturated heterocycles. The standard InChI is InChI=1S/C33H48F3N5O6/c1-18(2)15-20-16-23(29(45)38-22(26(43)28(37)44)13-14-33(34,35)36)41(17-20)30(46)27(32(5,6)7)40-31(47)39-24(19(3)4)25(42)21-11-9-8-10-12-21/h8-12,18-20,22-24,27H,13-17H2,1-7H3,(H2,37,44)(H,38,45)(H2,39,40,47)/t20-,22?,23+,24+,27-/m1/s1. The van der Waals surface area contributed by atoms with Crippen molar-refractivity contribution in [1.82, 2.24) is 20.9 Å². The van der Waals surface area contributed by atoms with Gasteiger partial charge in [0.15, 0.2) is 5.78 Å². The van der Waals surface area contributed by atoms with Crippen molar-refractivity contribution in [2.75, 3.05) is 6.54 Å². The van der Waals surface area contributed by atoms with Crippen molar-refractivity contribution in [3.8, 4) is 0 Å². The lowest BCUT2D eigenvalue weighted by atomic mass is 9.85. The van der Waals surface area contributed by atoms with E-state index in [1.54, 1.807) is 65.0 Å². The molecule has 5 atom stereocenters. The predicted molar refractivity (Wildman–Crippen MR) is 169 cm³/mol. The van der Waals surface area contributed by atoms with Gasteiger partial charge in [-0.25, -0.2) is 4.79 Å². The molecule has 5 amide bonds. The molecule has 1 aromatic rings. The maximum absolute atomic E-state index is 14.2. The van der Waals surface area contributed by atoms with Gasteiger partial charge in [0.2, 0.25) is 17.6 Å². The predicted octanol–water partition coefficient (Wildman–Crippen LogP) is 3.75. The Morgan fingerprint density at radius 1 is 0.936 bits per heavy atom. The van der Waals surface area contributed by atoms with Crippen LogP contribution in [0.3, 0.4) is 0 Å². The van der Waals surface area contributed by atoms with Crippen LogP contribution < -0.4 is 21.7 Å². The van der Waals surface area contributed by atoms with Crippen LogP contribution in [-0.4, -0.2) is 77.1 Å². The summed E-state index contributed by atoms with van der Waals surface area (Å²) in [5.41, 5.74) is 4.56. The summed E-state index contributed by atoms with van der Waals surface area (Å²) in [5.74, 6) is -5.00. The van der Waals surface area contributed by atoms with Crippen LogP contribution in [0.4, 0.5) is 18.0 Å². The first-order chi connectivity index (χ1) is 21.6. The van der Waals surface area contributed by atoms with Crippen molar-refractivity contribution in [2.24, 2.45) is 28.9 Å². The summed E-state index contributed by atoms with van der Waals surface area (Å²) in [4.78, 5) is 79.4. The number of halogens is 3. The van der Waals surface area contributed by atoms with Gasteiger partial charge in [-0.15, -0.1) is 0 Å². The first kappa shape index (κ1) is 39.2. The molecular formula is C33H48F3N5O6. The molecule has 0 radical (unpaired) electrons. The SMILES string of the molecule is CC(C)C[C@@H]1C[C@@H](C(=O)NC(CCC(F)(F)F)C(=O)C(N)=O)N(C(=O)[C@@H](NC(=O)N[C@H](C(=O)c2ccccc2)C(C)C)C(C)(C)C)C1. The summed E-state index contributed by atoms with van der Waals surface area (Å²) in [7, 11) is 0. The third kappa shape index (κ3) is 11.7. The Bertz CT molecular complexity index is 1300. The van der Waals surface area contributed by atoms with E-state index in [-0.39, 0.29) is 36.5 Å². The Kier molecular flexibility index (Phi) is 13.5. The fourth-order valence-corrected chi connectivity index (χ4v) is 5.71. The van der Waals surface area contributed by atoms with Crippen LogP contribution in [0.5, 0.6) is 0 Å². The van der Waals surface area contributed by atoms with Gasteiger partial charge in [-0.3, -0.25) is 24.0 Å². The zero-order valence-electron chi connectivity index (χ0n) is 28.1. The van der Waals surface area contributed by atoms with Gasteiger partial charge in [-0.05, 0) is 42.4 Å². The van der Waals surface area contributed by atoms with Crippen LogP contribution in [0.1, 0.15) is 84.5 Å². The van der Waals surface area contributed by atoms with Crippen LogP contribution in [-0.2, 0) is 19.2 Å². The van der Waals surface area contributed by atoms with E-state index in [9.17, 15) is 41.9 Å². The van der Waals surface area contributed by atoms with Crippen molar-refractivity contribution < 1.29 is 41.9 Å². The number of carbonyl (C=O) groups excluding carboxylic acids is 6. The molecule has 0 aliphatic carbocycles. The fraction of sp³-hybridized carbons (Fsp3) is 0.636. The number of amides is 5. The number of nitrogens with two attached hydrogens (primary N) is 1. The number of Topliss-reactive ketones (excluding diaryl/α,β-unsaturated/α-hetero) is 2. The molecular weight excluding hydrogens is 619 g/mol. The number of ketones is 2. The molecule has 1 aliphatic rings. The van der Waals surface area contributed by atoms with Crippen molar-refractivity contribution >= 4 is 35.3 Å². The van der Waals surface area contributed by atoms with E-state index in [2.05, 4.69) is 16.0 Å². The number of carbonyl (C=O) groups is 6. The Morgan fingerprint density at radius 2 is 1.53 bits per heavy atom. The summed E-state index contributed by atoms with van der Waals surface area (Å²) in [5, 5.41) is 7.61. The molecule has 47 heavy (non-hydrogen) atoms. The summed E-state index contributed by atoms with van der Waals surface area (Å²) >= 11 is 0. The summed E-state index contributed by atoms with van der Waals surface area (Å²) in [6, 6.07) is 2.53. The van der Waals surface area contributed by atoms with Gasteiger partial charge in [0, 0.05) is 18.5 Å². The fourth-order valence-electron chi connectivity index (χ4n) is 5.71. The second-order valence-corrected chi connectivity index (χ2v) is 14.1. The molecule has 5 N–H and O–H groups in total. The molecule has 0 spiro atoms. The Hall–Kier alpha value is -3.97. The number of nitrogens with one attached hydrogen (secondary N) is 3. The number of rotatable bonds is 14. The molecule has 1 aliphatic heterocycles. The minimum absolute atomic E-state index is 0.114. The van der Waals surface area contributed by atoms with Gasteiger partial charge in [0.1, 0.15) is 12.1 Å². The normalized spacial score (nSPS) is 18.8. The number of alkyl halides is 3. The molecule has 0 saturated carbocycles. The van der Waals surface area contributed by atoms with Crippen LogP contribution >= 0.6 is 0 Å². The second kappa shape index (κ2) is 16.2. The number of likely N-dealkylation sites (tertiary alicyclic amines) is 1. The number of benzene rings is 1. The second-order valence-electron chi connectivity index (χ2n) is 14.1. The zero-order valence-corrected chi connectivity index (χ0v) is 28.1. The lowest BCUT2D eigenvalue weighted by Gasteiger charge is -2.36. The van der Waals surface area contributed by atoms with E-state index in [1.807, 2.05) is 13.8 Å². The van der Waals surface area contributed by atoms with Gasteiger partial charge in [0.25, 0.3) is 5.91 Å². The quantitative estimate of drug-likeness (QED) is 0.174. The van der Waals surface area contributed by atoms with E-state index in [4.69, 9.17) is 5.73 Å². The van der Waals surface area contributed by atoms with Gasteiger partial charge in [-0.1, -0.05) is 78.8 Å². The maximum Gasteiger partial charge on any atom is 0.389 e. The molecule has 1 aromatic carbocycles. The zero-order chi connectivity index (χ0) is 35.9. The van der Waals surface area contributed by atoms with Crippen molar-refractivity contribution in [3.05, 3.63) is 35.9 Å². The van der Waals surface area contributed by atoms with Crippen LogP contribution in [0.25, 0.3) is 0 Å². The molecule has 0 aromatic heterocycles. The lowest BCUT2D eigenvalue weighted by Crippen LogP contribution is -2.61. The average Bonchev–Trinajstić information content (AvgIpc) is 3.38. The van der Waals surface area contributed by atoms with Crippen molar-refractivity contribution in [3.63, 3.8) is 0 Å². The third-order valence-electron chi connectivity index (χ3n) is 8.05. The molecule has 1 heterocycles. The first-order valence-corrected chi connectivity index (χ1v) is 15.8. The minimum Gasteiger partial charge on any atom is -0.363 e. The van der Waals surface area contributed by atoms with E-state index in [1.165, 1.54) is 4.90 Å². The monoisotopic (exact) mass is 667 g/mol. The van der Waals surface area contributed by atoms with Crippen molar-refractivity contribution in [2.45, 2.75) is 104 Å². The van der Waals surface area contributed by atoms with Crippen molar-refractivity contribution in [1.29, 1.82) is 0 Å². The van der Waals surface area contributed by atoms with Gasteiger partial charge >= 0.3 is 12.2 Å². The van der Waals surface area contributed by atoms with Crippen LogP contribution in [0, 0.1) is 23.2 Å². The van der Waals surface area contributed by atoms with Crippen LogP contribution in [0.2, 0.25) is 0 Å². The molecule has 2 rings (SSSR count). The minimum atomic E-state index is -4.66. The molecule has 262 valence electrons. The van der Waals surface area contributed by atoms with Crippen LogP contribution in [0.15, 0.2) is 30.3 Å². The highest BCUT2D eigenvalue weighted by Crippen LogP contribution is 2.32. The average molecular weight is 668 g/mol. The van der Waals surface area contributed by atoms with E-state index >= 15 is 0 Å². The van der Waals surface area contributed by atoms with Gasteiger partial charge < -0.3 is 26.6 Å². The molecule has 1 fully saturated rings. The summed E-state index contributed by atoms with van der Waals surface area (Å²) in [6.45, 7) is 12.7. The number of urea groups is 1. The number of primary amides is 1. The third-order valence-corrected chi connectivity index (χ3v) is 8.05. The molecule has 14 heteroatoms. The van der Waals surface area contributed by atoms with Gasteiger partial charge in [0.05, 0.1) is 12.1 Å². The Morgan fingerprint density at radius 3 is 2.02 bits per heavy atom. The topological polar surface area (TPSA) is 168 Å². The van der Waals surface area contributed by atoms with Gasteiger partial charge in [-0.2, -0.15) is 13.2 Å². The van der Waals surface area contributed by atoms with E-state index in [0.29, 0.717) is 12.0 Å². The number of nitrogens with zero attached hydrogens (tertiary/aromatic N) is 1. The highest BCUT2D eigenvalue weighted by molar-refractivity contribution is 6.37. The molecule has 1 unspecified atom stereocenters. The molecule has 0 bridgehead atoms. The van der Waals surface area contributed by atoms with E-state index in [0.717, 1.165) is 0 Å². The highest BCUT2D eigenvalue weighted by atomic mass is 19.4. The number of hydrogen-bond acceptors (Lipinski definition) is 6. The first-order valence-electron chi connectivity index (χ1n) is 15.8.